The molecule has 2 aromatic heterocycles. The van der Waals surface area contributed by atoms with Crippen molar-refractivity contribution in [3.63, 3.8) is 0 Å². The van der Waals surface area contributed by atoms with E-state index in [9.17, 15) is 4.79 Å². The average molecular weight is 423 g/mol. The van der Waals surface area contributed by atoms with E-state index >= 15 is 0 Å². The van der Waals surface area contributed by atoms with Crippen LogP contribution in [-0.4, -0.2) is 44.6 Å². The number of carbonyl (C=O) groups excluding carboxylic acids is 1. The van der Waals surface area contributed by atoms with Crippen LogP contribution < -0.4 is 10.1 Å². The minimum absolute atomic E-state index is 0.0228. The maximum atomic E-state index is 12.6. The first kappa shape index (κ1) is 21.1. The highest BCUT2D eigenvalue weighted by atomic mass is 16.5. The number of likely N-dealkylation sites (N-methyl/N-ethyl adjacent to an activating group) is 1. The molecule has 8 heteroatoms. The third-order valence-corrected chi connectivity index (χ3v) is 6.13. The van der Waals surface area contributed by atoms with Crippen LogP contribution in [0.2, 0.25) is 0 Å². The van der Waals surface area contributed by atoms with Gasteiger partial charge in [-0.2, -0.15) is 0 Å². The van der Waals surface area contributed by atoms with Crippen molar-refractivity contribution in [2.75, 3.05) is 14.2 Å². The Morgan fingerprint density at radius 2 is 2.06 bits per heavy atom. The summed E-state index contributed by atoms with van der Waals surface area (Å²) in [6.07, 6.45) is 12.5. The first-order valence-corrected chi connectivity index (χ1v) is 10.9. The summed E-state index contributed by atoms with van der Waals surface area (Å²) in [5.41, 5.74) is 3.44. The molecule has 1 amide bonds. The number of hydrogen-bond donors (Lipinski definition) is 1. The second-order valence-corrected chi connectivity index (χ2v) is 8.26. The Balaban J connectivity index is 1.59. The van der Waals surface area contributed by atoms with Crippen LogP contribution in [0.4, 0.5) is 0 Å². The molecule has 1 aliphatic rings. The van der Waals surface area contributed by atoms with Gasteiger partial charge in [-0.25, -0.2) is 9.67 Å². The molecule has 3 aromatic rings. The van der Waals surface area contributed by atoms with Crippen molar-refractivity contribution in [2.24, 2.45) is 5.92 Å². The van der Waals surface area contributed by atoms with Crippen molar-refractivity contribution in [2.45, 2.75) is 51.5 Å². The maximum absolute atomic E-state index is 12.6. The highest BCUT2D eigenvalue weighted by molar-refractivity contribution is 5.80. The fraction of sp³-hybridized carbons (Fsp3) is 0.478. The smallest absolute Gasteiger partial charge is 0.244 e. The number of rotatable bonds is 7. The number of imidazole rings is 1. The number of benzene rings is 1. The van der Waals surface area contributed by atoms with Crippen molar-refractivity contribution in [1.82, 2.24) is 29.9 Å². The van der Waals surface area contributed by atoms with Crippen molar-refractivity contribution in [1.29, 1.82) is 0 Å². The van der Waals surface area contributed by atoms with E-state index in [1.54, 1.807) is 25.2 Å². The van der Waals surface area contributed by atoms with Gasteiger partial charge in [0.25, 0.3) is 0 Å². The molecular formula is C23H30N6O2. The van der Waals surface area contributed by atoms with Crippen molar-refractivity contribution < 1.29 is 9.53 Å². The molecule has 1 fully saturated rings. The van der Waals surface area contributed by atoms with Crippen molar-refractivity contribution >= 4 is 5.91 Å². The second kappa shape index (κ2) is 9.32. The van der Waals surface area contributed by atoms with Gasteiger partial charge in [0, 0.05) is 18.8 Å². The van der Waals surface area contributed by atoms with Crippen LogP contribution in [-0.2, 0) is 4.79 Å². The molecule has 0 spiro atoms. The predicted octanol–water partition coefficient (Wildman–Crippen LogP) is 3.71. The van der Waals surface area contributed by atoms with Gasteiger partial charge in [-0.05, 0) is 31.4 Å². The summed E-state index contributed by atoms with van der Waals surface area (Å²) >= 11 is 0. The first-order chi connectivity index (χ1) is 15.1. The van der Waals surface area contributed by atoms with Crippen LogP contribution >= 0.6 is 0 Å². The lowest BCUT2D eigenvalue weighted by Crippen LogP contribution is -2.32. The van der Waals surface area contributed by atoms with E-state index in [0.29, 0.717) is 11.6 Å². The third kappa shape index (κ3) is 4.62. The molecule has 164 valence electrons. The fourth-order valence-electron chi connectivity index (χ4n) is 4.40. The van der Waals surface area contributed by atoms with E-state index in [-0.39, 0.29) is 11.9 Å². The lowest BCUT2D eigenvalue weighted by molar-refractivity contribution is -0.124. The van der Waals surface area contributed by atoms with Gasteiger partial charge in [0.15, 0.2) is 0 Å². The lowest BCUT2D eigenvalue weighted by Gasteiger charge is -2.25. The quantitative estimate of drug-likeness (QED) is 0.627. The summed E-state index contributed by atoms with van der Waals surface area (Å²) in [5, 5.41) is 11.5. The molecule has 2 heterocycles. The van der Waals surface area contributed by atoms with Gasteiger partial charge in [-0.1, -0.05) is 43.4 Å². The Hall–Kier alpha value is -3.16. The van der Waals surface area contributed by atoms with E-state index in [1.165, 1.54) is 32.1 Å². The first-order valence-electron chi connectivity index (χ1n) is 10.9. The van der Waals surface area contributed by atoms with E-state index in [1.807, 2.05) is 42.1 Å². The van der Waals surface area contributed by atoms with Gasteiger partial charge in [0.2, 0.25) is 5.91 Å². The summed E-state index contributed by atoms with van der Waals surface area (Å²) in [7, 11) is 3.32. The van der Waals surface area contributed by atoms with Gasteiger partial charge >= 0.3 is 0 Å². The molecule has 31 heavy (non-hydrogen) atoms. The second-order valence-electron chi connectivity index (χ2n) is 8.26. The monoisotopic (exact) mass is 422 g/mol. The van der Waals surface area contributed by atoms with Crippen LogP contribution in [0.3, 0.4) is 0 Å². The molecule has 1 aromatic carbocycles. The number of carbonyl (C=O) groups is 1. The van der Waals surface area contributed by atoms with E-state index < -0.39 is 0 Å². The highest BCUT2D eigenvalue weighted by Crippen LogP contribution is 2.32. The fourth-order valence-corrected chi connectivity index (χ4v) is 4.40. The Morgan fingerprint density at radius 1 is 1.26 bits per heavy atom. The van der Waals surface area contributed by atoms with Gasteiger partial charge in [-0.3, -0.25) is 4.79 Å². The van der Waals surface area contributed by atoms with Gasteiger partial charge in [0.1, 0.15) is 17.5 Å². The number of aromatic nitrogens is 5. The summed E-state index contributed by atoms with van der Waals surface area (Å²) < 4.78 is 9.26. The van der Waals surface area contributed by atoms with Crippen LogP contribution in [0.5, 0.6) is 5.75 Å². The highest BCUT2D eigenvalue weighted by Gasteiger charge is 2.26. The molecule has 0 radical (unpaired) electrons. The number of aryl methyl sites for hydroxylation is 1. The Morgan fingerprint density at radius 3 is 2.74 bits per heavy atom. The molecule has 1 aliphatic carbocycles. The molecule has 4 rings (SSSR count). The van der Waals surface area contributed by atoms with Gasteiger partial charge < -0.3 is 14.6 Å². The van der Waals surface area contributed by atoms with Crippen LogP contribution in [0, 0.1) is 12.8 Å². The number of amides is 1. The minimum Gasteiger partial charge on any atom is -0.495 e. The Bertz CT molecular complexity index is 1030. The normalized spacial score (nSPS) is 15.6. The number of ether oxygens (including phenoxy) is 1. The molecule has 0 saturated heterocycles. The average Bonchev–Trinajstić information content (AvgIpc) is 3.46. The van der Waals surface area contributed by atoms with E-state index in [2.05, 4.69) is 20.6 Å². The van der Waals surface area contributed by atoms with E-state index in [0.717, 1.165) is 29.1 Å². The summed E-state index contributed by atoms with van der Waals surface area (Å²) in [5.74, 6) is 1.25. The summed E-state index contributed by atoms with van der Waals surface area (Å²) in [6.45, 7) is 1.95. The van der Waals surface area contributed by atoms with Gasteiger partial charge in [-0.15, -0.1) is 5.10 Å². The number of hydrogen-bond acceptors (Lipinski definition) is 5. The Kier molecular flexibility index (Phi) is 6.34. The van der Waals surface area contributed by atoms with Crippen LogP contribution in [0.1, 0.15) is 50.3 Å². The standard InChI is InChI=1S/C23H30N6O2/c1-16-13-28(15-25-16)20-10-9-18(12-22(20)31-3)19-14-29(27-26-19)21(23(30)24-2)11-17-7-5-4-6-8-17/h9-10,12-15,17,21H,4-8,11H2,1-3H3,(H,24,30). The number of nitrogens with zero attached hydrogens (tertiary/aromatic N) is 5. The molecule has 0 aliphatic heterocycles. The third-order valence-electron chi connectivity index (χ3n) is 6.13. The zero-order valence-corrected chi connectivity index (χ0v) is 18.4. The molecule has 0 bridgehead atoms. The molecule has 1 saturated carbocycles. The molecule has 1 unspecified atom stereocenters. The van der Waals surface area contributed by atoms with E-state index in [4.69, 9.17) is 4.74 Å². The van der Waals surface area contributed by atoms with Gasteiger partial charge in [0.05, 0.1) is 31.0 Å². The predicted molar refractivity (Wildman–Crippen MR) is 118 cm³/mol. The zero-order valence-electron chi connectivity index (χ0n) is 18.4. The molecule has 1 atom stereocenters. The zero-order chi connectivity index (χ0) is 21.8. The minimum atomic E-state index is -0.343. The number of nitrogens with one attached hydrogen (secondary N) is 1. The Labute approximate surface area is 182 Å². The topological polar surface area (TPSA) is 86.9 Å². The summed E-state index contributed by atoms with van der Waals surface area (Å²) in [6, 6.07) is 5.56. The lowest BCUT2D eigenvalue weighted by atomic mass is 9.84. The largest absolute Gasteiger partial charge is 0.495 e. The number of methoxy groups -OCH3 is 1. The van der Waals surface area contributed by atoms with Crippen molar-refractivity contribution in [3.05, 3.63) is 42.6 Å². The SMILES string of the molecule is CNC(=O)C(CC1CCCCC1)n1cc(-c2ccc(-n3cnc(C)c3)c(OC)c2)nn1. The molecular weight excluding hydrogens is 392 g/mol. The van der Waals surface area contributed by atoms with Crippen molar-refractivity contribution in [3.8, 4) is 22.7 Å². The molecule has 8 nitrogen and oxygen atoms in total. The molecule has 1 N–H and O–H groups in total. The van der Waals surface area contributed by atoms with Crippen LogP contribution in [0.15, 0.2) is 36.9 Å². The van der Waals surface area contributed by atoms with Crippen LogP contribution in [0.25, 0.3) is 16.9 Å². The summed E-state index contributed by atoms with van der Waals surface area (Å²) in [4.78, 5) is 16.9. The maximum Gasteiger partial charge on any atom is 0.244 e.